The summed E-state index contributed by atoms with van der Waals surface area (Å²) in [6.45, 7) is 5.19. The van der Waals surface area contributed by atoms with Gasteiger partial charge < -0.3 is 9.47 Å². The molecule has 1 heterocycles. The average Bonchev–Trinajstić information content (AvgIpc) is 2.99. The first-order valence-corrected chi connectivity index (χ1v) is 15.9. The fourth-order valence-electron chi connectivity index (χ4n) is 5.67. The first-order valence-electron chi connectivity index (χ1n) is 15.9. The van der Waals surface area contributed by atoms with E-state index >= 15 is 0 Å². The van der Waals surface area contributed by atoms with Crippen molar-refractivity contribution in [3.63, 3.8) is 0 Å². The van der Waals surface area contributed by atoms with Gasteiger partial charge in [-0.2, -0.15) is 5.26 Å². The number of nitrogens with zero attached hydrogens (tertiary/aromatic N) is 2. The lowest BCUT2D eigenvalue weighted by atomic mass is 9.69. The summed E-state index contributed by atoms with van der Waals surface area (Å²) in [5.41, 5.74) is 1.56. The Kier molecular flexibility index (Phi) is 14.0. The number of ether oxygens (including phenoxy) is 2. The fraction of sp³-hybridized carbons (Fsp3) is 0.629. The lowest BCUT2D eigenvalue weighted by Gasteiger charge is -2.34. The first kappa shape index (κ1) is 31.7. The molecule has 1 aliphatic carbocycles. The van der Waals surface area contributed by atoms with Crippen LogP contribution in [-0.4, -0.2) is 17.6 Å². The Labute approximate surface area is 242 Å². The monoisotopic (exact) mass is 546 g/mol. The highest BCUT2D eigenvalue weighted by Crippen LogP contribution is 2.43. The van der Waals surface area contributed by atoms with Crippen LogP contribution in [0.15, 0.2) is 42.6 Å². The van der Waals surface area contributed by atoms with Crippen molar-refractivity contribution in [1.82, 2.24) is 4.98 Å². The van der Waals surface area contributed by atoms with Gasteiger partial charge in [-0.25, -0.2) is 0 Å². The van der Waals surface area contributed by atoms with E-state index in [-0.39, 0.29) is 17.3 Å². The van der Waals surface area contributed by atoms with Gasteiger partial charge >= 0.3 is 5.97 Å². The molecule has 5 heteroatoms. The lowest BCUT2D eigenvalue weighted by molar-refractivity contribution is -0.140. The number of benzene rings is 1. The quantitative estimate of drug-likeness (QED) is 0.106. The molecule has 0 saturated heterocycles. The van der Waals surface area contributed by atoms with E-state index in [1.165, 1.54) is 64.2 Å². The molecule has 0 bridgehead atoms. The van der Waals surface area contributed by atoms with E-state index in [1.54, 1.807) is 6.20 Å². The van der Waals surface area contributed by atoms with E-state index in [0.29, 0.717) is 5.75 Å². The first-order chi connectivity index (χ1) is 19.6. The van der Waals surface area contributed by atoms with Crippen molar-refractivity contribution < 1.29 is 14.3 Å². The molecule has 5 nitrogen and oxygen atoms in total. The number of pyridine rings is 1. The third-order valence-corrected chi connectivity index (χ3v) is 8.39. The maximum atomic E-state index is 12.9. The Morgan fingerprint density at radius 3 is 2.05 bits per heavy atom. The van der Waals surface area contributed by atoms with Crippen LogP contribution in [0, 0.1) is 22.7 Å². The van der Waals surface area contributed by atoms with E-state index in [9.17, 15) is 10.1 Å². The van der Waals surface area contributed by atoms with Crippen LogP contribution in [0.4, 0.5) is 0 Å². The van der Waals surface area contributed by atoms with Gasteiger partial charge in [-0.15, -0.1) is 0 Å². The SMILES string of the molecule is CCCCCCCCC[C@]1(C#N)CC[C@H](C(=O)Oc2ccc(-c3ccc(OCCCCCCC)cn3)cc2)CC1. The van der Waals surface area contributed by atoms with Crippen LogP contribution in [0.5, 0.6) is 11.5 Å². The molecule has 1 fully saturated rings. The number of hydrogen-bond donors (Lipinski definition) is 0. The summed E-state index contributed by atoms with van der Waals surface area (Å²) in [4.78, 5) is 17.4. The molecule has 0 aliphatic heterocycles. The molecule has 0 atom stereocenters. The molecule has 1 aromatic heterocycles. The number of unbranched alkanes of at least 4 members (excludes halogenated alkanes) is 10. The van der Waals surface area contributed by atoms with E-state index in [4.69, 9.17) is 9.47 Å². The minimum Gasteiger partial charge on any atom is -0.492 e. The van der Waals surface area contributed by atoms with Crippen LogP contribution in [0.2, 0.25) is 0 Å². The summed E-state index contributed by atoms with van der Waals surface area (Å²) in [6, 6.07) is 14.1. The third kappa shape index (κ3) is 10.6. The Balaban J connectivity index is 1.39. The molecule has 1 aliphatic rings. The number of aromatic nitrogens is 1. The number of esters is 1. The van der Waals surface area contributed by atoms with Gasteiger partial charge in [-0.1, -0.05) is 84.5 Å². The lowest BCUT2D eigenvalue weighted by Crippen LogP contribution is -2.31. The number of rotatable bonds is 18. The molecule has 218 valence electrons. The molecular weight excluding hydrogens is 496 g/mol. The van der Waals surface area contributed by atoms with E-state index in [0.717, 1.165) is 68.6 Å². The second-order valence-electron chi connectivity index (χ2n) is 11.6. The minimum absolute atomic E-state index is 0.129. The van der Waals surface area contributed by atoms with Crippen molar-refractivity contribution >= 4 is 5.97 Å². The van der Waals surface area contributed by atoms with Crippen molar-refractivity contribution in [3.8, 4) is 28.8 Å². The molecule has 0 amide bonds. The summed E-state index contributed by atoms with van der Waals surface area (Å²) in [5.74, 6) is 1.04. The molecule has 1 aromatic carbocycles. The van der Waals surface area contributed by atoms with E-state index in [1.807, 2.05) is 36.4 Å². The van der Waals surface area contributed by atoms with Gasteiger partial charge in [0.15, 0.2) is 0 Å². The second-order valence-corrected chi connectivity index (χ2v) is 11.6. The van der Waals surface area contributed by atoms with Crippen molar-refractivity contribution in [2.24, 2.45) is 11.3 Å². The third-order valence-electron chi connectivity index (χ3n) is 8.39. The highest BCUT2D eigenvalue weighted by Gasteiger charge is 2.38. The Bertz CT molecular complexity index is 1020. The normalized spacial score (nSPS) is 18.7. The number of hydrogen-bond acceptors (Lipinski definition) is 5. The van der Waals surface area contributed by atoms with Gasteiger partial charge in [0.05, 0.1) is 35.9 Å². The number of carbonyl (C=O) groups is 1. The van der Waals surface area contributed by atoms with Crippen LogP contribution in [-0.2, 0) is 4.79 Å². The maximum Gasteiger partial charge on any atom is 0.314 e. The molecule has 0 radical (unpaired) electrons. The predicted molar refractivity (Wildman–Crippen MR) is 162 cm³/mol. The minimum atomic E-state index is -0.260. The molecular formula is C35H50N2O3. The topological polar surface area (TPSA) is 72.2 Å². The highest BCUT2D eigenvalue weighted by molar-refractivity contribution is 5.75. The standard InChI is InChI=1S/C35H50N2O3/c1-3-5-7-9-10-11-13-23-35(28-36)24-21-30(22-25-35)34(38)40-31-17-15-29(16-18-31)33-20-19-32(27-37-33)39-26-14-12-8-6-4-2/h15-20,27,30H,3-14,21-26H2,1-2H3/t30-,35-. The molecule has 0 N–H and O–H groups in total. The maximum absolute atomic E-state index is 12.9. The summed E-state index contributed by atoms with van der Waals surface area (Å²) in [6.07, 6.45) is 20.7. The van der Waals surface area contributed by atoms with Gasteiger partial charge in [0.2, 0.25) is 0 Å². The zero-order valence-corrected chi connectivity index (χ0v) is 25.0. The van der Waals surface area contributed by atoms with Gasteiger partial charge in [0.1, 0.15) is 11.5 Å². The fourth-order valence-corrected chi connectivity index (χ4v) is 5.67. The van der Waals surface area contributed by atoms with Crippen LogP contribution in [0.3, 0.4) is 0 Å². The van der Waals surface area contributed by atoms with Crippen LogP contribution in [0.25, 0.3) is 11.3 Å². The molecule has 1 saturated carbocycles. The number of nitriles is 1. The summed E-state index contributed by atoms with van der Waals surface area (Å²) < 4.78 is 11.5. The van der Waals surface area contributed by atoms with Gasteiger partial charge in [-0.05, 0) is 74.9 Å². The smallest absolute Gasteiger partial charge is 0.314 e. The van der Waals surface area contributed by atoms with E-state index in [2.05, 4.69) is 24.9 Å². The summed E-state index contributed by atoms with van der Waals surface area (Å²) in [5, 5.41) is 9.91. The van der Waals surface area contributed by atoms with Crippen molar-refractivity contribution in [3.05, 3.63) is 42.6 Å². The zero-order chi connectivity index (χ0) is 28.5. The summed E-state index contributed by atoms with van der Waals surface area (Å²) in [7, 11) is 0. The van der Waals surface area contributed by atoms with Crippen LogP contribution >= 0.6 is 0 Å². The van der Waals surface area contributed by atoms with Crippen molar-refractivity contribution in [2.75, 3.05) is 6.61 Å². The highest BCUT2D eigenvalue weighted by atomic mass is 16.5. The second kappa shape index (κ2) is 17.7. The molecule has 3 rings (SSSR count). The number of carbonyl (C=O) groups excluding carboxylic acids is 1. The Hall–Kier alpha value is -2.87. The molecule has 0 spiro atoms. The van der Waals surface area contributed by atoms with Crippen LogP contribution < -0.4 is 9.47 Å². The van der Waals surface area contributed by atoms with Gasteiger partial charge in [-0.3, -0.25) is 9.78 Å². The summed E-state index contributed by atoms with van der Waals surface area (Å²) >= 11 is 0. The molecule has 2 aromatic rings. The molecule has 0 unspecified atom stereocenters. The average molecular weight is 547 g/mol. The van der Waals surface area contributed by atoms with Crippen LogP contribution in [0.1, 0.15) is 123 Å². The Morgan fingerprint density at radius 1 is 0.850 bits per heavy atom. The van der Waals surface area contributed by atoms with E-state index < -0.39 is 0 Å². The zero-order valence-electron chi connectivity index (χ0n) is 25.0. The predicted octanol–water partition coefficient (Wildman–Crippen LogP) is 9.84. The van der Waals surface area contributed by atoms with Crippen molar-refractivity contribution in [1.29, 1.82) is 5.26 Å². The van der Waals surface area contributed by atoms with Gasteiger partial charge in [0.25, 0.3) is 0 Å². The largest absolute Gasteiger partial charge is 0.492 e. The Morgan fingerprint density at radius 2 is 1.45 bits per heavy atom. The van der Waals surface area contributed by atoms with Gasteiger partial charge in [0, 0.05) is 5.56 Å². The molecule has 40 heavy (non-hydrogen) atoms. The van der Waals surface area contributed by atoms with Crippen molar-refractivity contribution in [2.45, 2.75) is 123 Å².